The summed E-state index contributed by atoms with van der Waals surface area (Å²) >= 11 is 0. The first-order chi connectivity index (χ1) is 11.1. The predicted octanol–water partition coefficient (Wildman–Crippen LogP) is 3.04. The van der Waals surface area contributed by atoms with E-state index in [9.17, 15) is 9.18 Å². The minimum Gasteiger partial charge on any atom is -0.364 e. The molecule has 118 valence electrons. The van der Waals surface area contributed by atoms with Crippen LogP contribution in [0.4, 0.5) is 4.39 Å². The predicted molar refractivity (Wildman–Crippen MR) is 81.0 cm³/mol. The van der Waals surface area contributed by atoms with Gasteiger partial charge in [-0.1, -0.05) is 5.16 Å². The van der Waals surface area contributed by atoms with Gasteiger partial charge in [-0.15, -0.1) is 0 Å². The Morgan fingerprint density at radius 2 is 2.04 bits per heavy atom. The summed E-state index contributed by atoms with van der Waals surface area (Å²) in [6.07, 6.45) is 1.47. The molecule has 0 aliphatic heterocycles. The molecule has 0 unspecified atom stereocenters. The van der Waals surface area contributed by atoms with Crippen molar-refractivity contribution >= 4 is 5.91 Å². The van der Waals surface area contributed by atoms with Gasteiger partial charge in [0.1, 0.15) is 23.5 Å². The zero-order valence-electron chi connectivity index (χ0n) is 12.7. The highest BCUT2D eigenvalue weighted by atomic mass is 19.1. The first kappa shape index (κ1) is 15.0. The highest BCUT2D eigenvalue weighted by Crippen LogP contribution is 2.21. The first-order valence-corrected chi connectivity index (χ1v) is 7.05. The molecule has 3 aromatic rings. The molecule has 1 amide bonds. The lowest BCUT2D eigenvalue weighted by Gasteiger charge is -2.22. The van der Waals surface area contributed by atoms with Crippen molar-refractivity contribution in [3.8, 4) is 11.3 Å². The van der Waals surface area contributed by atoms with Crippen molar-refractivity contribution in [1.82, 2.24) is 20.3 Å². The summed E-state index contributed by atoms with van der Waals surface area (Å²) in [4.78, 5) is 14.1. The van der Waals surface area contributed by atoms with Gasteiger partial charge in [-0.05, 0) is 37.3 Å². The maximum Gasteiger partial charge on any atom is 0.272 e. The molecule has 0 fully saturated rings. The molecule has 2 heterocycles. The summed E-state index contributed by atoms with van der Waals surface area (Å²) in [7, 11) is 1.68. The zero-order chi connectivity index (χ0) is 16.4. The molecule has 1 atom stereocenters. The Hall–Kier alpha value is -2.96. The van der Waals surface area contributed by atoms with Crippen molar-refractivity contribution in [3.63, 3.8) is 0 Å². The summed E-state index contributed by atoms with van der Waals surface area (Å²) < 4.78 is 17.8. The Morgan fingerprint density at radius 1 is 1.30 bits per heavy atom. The van der Waals surface area contributed by atoms with Crippen LogP contribution in [-0.4, -0.2) is 33.2 Å². The zero-order valence-corrected chi connectivity index (χ0v) is 12.7. The second-order valence-corrected chi connectivity index (χ2v) is 5.19. The molecule has 2 aromatic heterocycles. The second-order valence-electron chi connectivity index (χ2n) is 5.19. The minimum absolute atomic E-state index is 0.221. The molecule has 0 saturated carbocycles. The number of rotatable bonds is 4. The van der Waals surface area contributed by atoms with Crippen LogP contribution >= 0.6 is 0 Å². The van der Waals surface area contributed by atoms with Gasteiger partial charge in [0.05, 0.1) is 11.7 Å². The number of carbonyl (C=O) groups excluding carboxylic acids is 1. The smallest absolute Gasteiger partial charge is 0.272 e. The maximum atomic E-state index is 13.0. The van der Waals surface area contributed by atoms with Crippen LogP contribution in [0.2, 0.25) is 0 Å². The van der Waals surface area contributed by atoms with E-state index < -0.39 is 0 Å². The molecule has 0 aliphatic carbocycles. The van der Waals surface area contributed by atoms with Crippen LogP contribution in [0, 0.1) is 5.82 Å². The highest BCUT2D eigenvalue weighted by Gasteiger charge is 2.22. The third kappa shape index (κ3) is 2.98. The van der Waals surface area contributed by atoms with Crippen molar-refractivity contribution < 1.29 is 13.7 Å². The lowest BCUT2D eigenvalue weighted by Crippen LogP contribution is -2.30. The molecular formula is C16H15FN4O2. The Labute approximate surface area is 131 Å². The van der Waals surface area contributed by atoms with E-state index >= 15 is 0 Å². The maximum absolute atomic E-state index is 13.0. The molecule has 0 bridgehead atoms. The van der Waals surface area contributed by atoms with Gasteiger partial charge < -0.3 is 9.42 Å². The fourth-order valence-corrected chi connectivity index (χ4v) is 2.20. The number of carbonyl (C=O) groups is 1. The molecule has 6 nitrogen and oxygen atoms in total. The number of halogens is 1. The molecule has 23 heavy (non-hydrogen) atoms. The Morgan fingerprint density at radius 3 is 2.70 bits per heavy atom. The largest absolute Gasteiger partial charge is 0.364 e. The van der Waals surface area contributed by atoms with E-state index in [-0.39, 0.29) is 17.8 Å². The summed E-state index contributed by atoms with van der Waals surface area (Å²) in [6.45, 7) is 1.85. The fraction of sp³-hybridized carbons (Fsp3) is 0.188. The fourth-order valence-electron chi connectivity index (χ4n) is 2.20. The first-order valence-electron chi connectivity index (χ1n) is 7.05. The van der Waals surface area contributed by atoms with Gasteiger partial charge >= 0.3 is 0 Å². The standard InChI is InChI=1S/C16H15FN4O2/c1-10(13-7-8-23-20-13)21(2)16(22)15-9-14(18-19-15)11-3-5-12(17)6-4-11/h3-10H,1-2H3,(H,18,19)/t10-/m1/s1. The van der Waals surface area contributed by atoms with E-state index in [1.54, 1.807) is 36.2 Å². The van der Waals surface area contributed by atoms with Gasteiger partial charge in [-0.25, -0.2) is 4.39 Å². The highest BCUT2D eigenvalue weighted by molar-refractivity contribution is 5.93. The van der Waals surface area contributed by atoms with Crippen molar-refractivity contribution in [3.05, 3.63) is 59.9 Å². The third-order valence-corrected chi connectivity index (χ3v) is 3.74. The van der Waals surface area contributed by atoms with Crippen LogP contribution < -0.4 is 0 Å². The number of nitrogens with zero attached hydrogens (tertiary/aromatic N) is 3. The molecule has 0 saturated heterocycles. The van der Waals surface area contributed by atoms with Crippen LogP contribution in [0.25, 0.3) is 11.3 Å². The second kappa shape index (κ2) is 6.04. The Kier molecular flexibility index (Phi) is 3.92. The van der Waals surface area contributed by atoms with Crippen molar-refractivity contribution in [1.29, 1.82) is 0 Å². The lowest BCUT2D eigenvalue weighted by atomic mass is 10.1. The summed E-state index contributed by atoms with van der Waals surface area (Å²) in [6, 6.07) is 9.05. The van der Waals surface area contributed by atoms with Gasteiger partial charge in [0.25, 0.3) is 5.91 Å². The molecule has 0 radical (unpaired) electrons. The molecule has 0 aliphatic rings. The van der Waals surface area contributed by atoms with E-state index in [2.05, 4.69) is 15.4 Å². The number of H-pyrrole nitrogens is 1. The number of amides is 1. The Balaban J connectivity index is 1.79. The molecular weight excluding hydrogens is 299 g/mol. The van der Waals surface area contributed by atoms with Crippen molar-refractivity contribution in [2.75, 3.05) is 7.05 Å². The van der Waals surface area contributed by atoms with Gasteiger partial charge in [-0.3, -0.25) is 9.89 Å². The summed E-state index contributed by atoms with van der Waals surface area (Å²) in [5.74, 6) is -0.539. The summed E-state index contributed by atoms with van der Waals surface area (Å²) in [5.41, 5.74) is 2.33. The SMILES string of the molecule is C[C@H](c1ccon1)N(C)C(=O)c1cc(-c2ccc(F)cc2)n[nH]1. The van der Waals surface area contributed by atoms with Gasteiger partial charge in [0.2, 0.25) is 0 Å². The Bertz CT molecular complexity index is 796. The number of benzene rings is 1. The average molecular weight is 314 g/mol. The van der Waals surface area contributed by atoms with E-state index in [1.165, 1.54) is 18.4 Å². The lowest BCUT2D eigenvalue weighted by molar-refractivity contribution is 0.0731. The summed E-state index contributed by atoms with van der Waals surface area (Å²) in [5, 5.41) is 10.7. The molecule has 3 rings (SSSR count). The van der Waals surface area contributed by atoms with Crippen molar-refractivity contribution in [2.45, 2.75) is 13.0 Å². The third-order valence-electron chi connectivity index (χ3n) is 3.74. The number of hydrogen-bond donors (Lipinski definition) is 1. The van der Waals surface area contributed by atoms with Crippen molar-refractivity contribution in [2.24, 2.45) is 0 Å². The number of aromatic amines is 1. The average Bonchev–Trinajstić information content (AvgIpc) is 3.25. The van der Waals surface area contributed by atoms with Crippen LogP contribution in [0.3, 0.4) is 0 Å². The normalized spacial score (nSPS) is 12.1. The minimum atomic E-state index is -0.318. The molecule has 1 N–H and O–H groups in total. The van der Waals surface area contributed by atoms with Crippen LogP contribution in [0.1, 0.15) is 29.1 Å². The monoisotopic (exact) mass is 314 g/mol. The number of hydrogen-bond acceptors (Lipinski definition) is 4. The van der Waals surface area contributed by atoms with E-state index in [1.807, 2.05) is 6.92 Å². The van der Waals surface area contributed by atoms with Gasteiger partial charge in [-0.2, -0.15) is 5.10 Å². The van der Waals surface area contributed by atoms with Crippen LogP contribution in [0.15, 0.2) is 47.2 Å². The van der Waals surface area contributed by atoms with E-state index in [4.69, 9.17) is 4.52 Å². The van der Waals surface area contributed by atoms with Crippen LogP contribution in [-0.2, 0) is 0 Å². The number of aromatic nitrogens is 3. The molecule has 0 spiro atoms. The van der Waals surface area contributed by atoms with Gasteiger partial charge in [0.15, 0.2) is 0 Å². The molecule has 7 heteroatoms. The number of nitrogens with one attached hydrogen (secondary N) is 1. The van der Waals surface area contributed by atoms with E-state index in [0.717, 1.165) is 5.56 Å². The topological polar surface area (TPSA) is 75.0 Å². The molecule has 1 aromatic carbocycles. The van der Waals surface area contributed by atoms with E-state index in [0.29, 0.717) is 17.1 Å². The van der Waals surface area contributed by atoms with Gasteiger partial charge in [0, 0.05) is 18.7 Å². The van der Waals surface area contributed by atoms with Crippen LogP contribution in [0.5, 0.6) is 0 Å². The quantitative estimate of drug-likeness (QED) is 0.803.